The molecule has 0 aromatic heterocycles. The Balaban J connectivity index is 1.33. The third kappa shape index (κ3) is 3.89. The molecule has 0 spiro atoms. The van der Waals surface area contributed by atoms with Crippen molar-refractivity contribution in [2.45, 2.75) is 12.5 Å². The lowest BCUT2D eigenvalue weighted by molar-refractivity contribution is -0.148. The highest BCUT2D eigenvalue weighted by atomic mass is 16.5. The van der Waals surface area contributed by atoms with E-state index in [1.807, 2.05) is 6.07 Å². The van der Waals surface area contributed by atoms with E-state index >= 15 is 0 Å². The second kappa shape index (κ2) is 8.98. The summed E-state index contributed by atoms with van der Waals surface area (Å²) in [6.45, 7) is -0.406. The van der Waals surface area contributed by atoms with Gasteiger partial charge in [0.1, 0.15) is 12.6 Å². The van der Waals surface area contributed by atoms with Crippen molar-refractivity contribution in [1.82, 2.24) is 9.80 Å². The highest BCUT2D eigenvalue weighted by molar-refractivity contribution is 6.23. The number of fused-ring (bicyclic) bond motifs is 2. The van der Waals surface area contributed by atoms with E-state index in [1.54, 1.807) is 72.8 Å². The van der Waals surface area contributed by atoms with Crippen LogP contribution in [0.3, 0.4) is 0 Å². The van der Waals surface area contributed by atoms with Crippen molar-refractivity contribution in [1.29, 1.82) is 0 Å². The predicted molar refractivity (Wildman–Crippen MR) is 124 cm³/mol. The Morgan fingerprint density at radius 2 is 1.11 bits per heavy atom. The molecular formula is C27H20N2O6. The van der Waals surface area contributed by atoms with E-state index in [1.165, 1.54) is 0 Å². The summed E-state index contributed by atoms with van der Waals surface area (Å²) >= 11 is 0. The standard InChI is InChI=1S/C27H20N2O6/c30-23-18-10-4-5-11-19(18)24(31)28(23)14-15-35-27(34)22(16-17-8-2-1-3-9-17)29-25(32)20-12-6-7-13-21(20)26(29)33/h1-13,22H,14-16H2/t22-/m1/s1. The highest BCUT2D eigenvalue weighted by Gasteiger charge is 2.43. The van der Waals surface area contributed by atoms with Gasteiger partial charge in [-0.2, -0.15) is 0 Å². The van der Waals surface area contributed by atoms with Gasteiger partial charge in [0.2, 0.25) is 0 Å². The summed E-state index contributed by atoms with van der Waals surface area (Å²) < 4.78 is 5.41. The van der Waals surface area contributed by atoms with Gasteiger partial charge in [-0.3, -0.25) is 29.0 Å². The smallest absolute Gasteiger partial charge is 0.329 e. The van der Waals surface area contributed by atoms with Crippen molar-refractivity contribution >= 4 is 29.6 Å². The summed E-state index contributed by atoms with van der Waals surface area (Å²) in [5.74, 6) is -2.83. The first-order valence-electron chi connectivity index (χ1n) is 11.1. The van der Waals surface area contributed by atoms with Crippen molar-refractivity contribution in [3.05, 3.63) is 107 Å². The first-order chi connectivity index (χ1) is 17.0. The van der Waals surface area contributed by atoms with Gasteiger partial charge in [-0.25, -0.2) is 4.79 Å². The van der Waals surface area contributed by atoms with Crippen LogP contribution >= 0.6 is 0 Å². The number of imide groups is 2. The van der Waals surface area contributed by atoms with Crippen molar-refractivity contribution in [2.24, 2.45) is 0 Å². The Labute approximate surface area is 200 Å². The van der Waals surface area contributed by atoms with E-state index < -0.39 is 35.6 Å². The van der Waals surface area contributed by atoms with Gasteiger partial charge in [-0.15, -0.1) is 0 Å². The SMILES string of the molecule is O=C(OCCN1C(=O)c2ccccc2C1=O)[C@@H](Cc1ccccc1)N1C(=O)c2ccccc2C1=O. The van der Waals surface area contributed by atoms with E-state index in [0.717, 1.165) is 15.4 Å². The zero-order chi connectivity index (χ0) is 24.5. The maximum atomic E-state index is 13.2. The third-order valence-corrected chi connectivity index (χ3v) is 6.12. The van der Waals surface area contributed by atoms with Gasteiger partial charge in [-0.1, -0.05) is 54.6 Å². The fraction of sp³-hybridized carbons (Fsp3) is 0.148. The Kier molecular flexibility index (Phi) is 5.70. The highest BCUT2D eigenvalue weighted by Crippen LogP contribution is 2.27. The normalized spacial score (nSPS) is 15.3. The Morgan fingerprint density at radius 1 is 0.657 bits per heavy atom. The lowest BCUT2D eigenvalue weighted by Crippen LogP contribution is -2.47. The quantitative estimate of drug-likeness (QED) is 0.390. The number of hydrogen-bond donors (Lipinski definition) is 0. The van der Waals surface area contributed by atoms with Crippen LogP contribution < -0.4 is 0 Å². The fourth-order valence-electron chi connectivity index (χ4n) is 4.38. The first-order valence-corrected chi connectivity index (χ1v) is 11.1. The van der Waals surface area contributed by atoms with Crippen LogP contribution in [0, 0.1) is 0 Å². The summed E-state index contributed by atoms with van der Waals surface area (Å²) in [6.07, 6.45) is 0.0676. The molecule has 0 fully saturated rings. The molecule has 174 valence electrons. The number of esters is 1. The maximum Gasteiger partial charge on any atom is 0.329 e. The van der Waals surface area contributed by atoms with Crippen LogP contribution in [0.5, 0.6) is 0 Å². The summed E-state index contributed by atoms with van der Waals surface area (Å²) in [7, 11) is 0. The molecule has 3 aromatic rings. The number of carbonyl (C=O) groups is 5. The second-order valence-electron chi connectivity index (χ2n) is 8.21. The van der Waals surface area contributed by atoms with Gasteiger partial charge in [0.05, 0.1) is 28.8 Å². The molecule has 0 saturated carbocycles. The van der Waals surface area contributed by atoms with E-state index in [4.69, 9.17) is 4.74 Å². The Bertz CT molecular complexity index is 1300. The number of amides is 4. The summed E-state index contributed by atoms with van der Waals surface area (Å²) in [5, 5.41) is 0. The van der Waals surface area contributed by atoms with Gasteiger partial charge >= 0.3 is 5.97 Å². The predicted octanol–water partition coefficient (Wildman–Crippen LogP) is 2.73. The largest absolute Gasteiger partial charge is 0.462 e. The molecular weight excluding hydrogens is 448 g/mol. The molecule has 4 amide bonds. The first kappa shape index (κ1) is 22.2. The van der Waals surface area contributed by atoms with Crippen molar-refractivity contribution in [2.75, 3.05) is 13.2 Å². The zero-order valence-corrected chi connectivity index (χ0v) is 18.5. The fourth-order valence-corrected chi connectivity index (χ4v) is 4.38. The van der Waals surface area contributed by atoms with Crippen LogP contribution in [0.2, 0.25) is 0 Å². The van der Waals surface area contributed by atoms with Crippen LogP contribution in [0.25, 0.3) is 0 Å². The number of carbonyl (C=O) groups excluding carboxylic acids is 5. The topological polar surface area (TPSA) is 101 Å². The molecule has 0 radical (unpaired) electrons. The van der Waals surface area contributed by atoms with Gasteiger partial charge in [0.25, 0.3) is 23.6 Å². The van der Waals surface area contributed by atoms with E-state index in [9.17, 15) is 24.0 Å². The second-order valence-corrected chi connectivity index (χ2v) is 8.21. The number of hydrogen-bond acceptors (Lipinski definition) is 6. The lowest BCUT2D eigenvalue weighted by Gasteiger charge is -2.25. The van der Waals surface area contributed by atoms with Gasteiger partial charge in [-0.05, 0) is 29.8 Å². The molecule has 0 unspecified atom stereocenters. The van der Waals surface area contributed by atoms with Crippen LogP contribution in [0.1, 0.15) is 47.0 Å². The molecule has 0 saturated heterocycles. The van der Waals surface area contributed by atoms with Crippen molar-refractivity contribution < 1.29 is 28.7 Å². The van der Waals surface area contributed by atoms with Gasteiger partial charge in [0, 0.05) is 6.42 Å². The summed E-state index contributed by atoms with van der Waals surface area (Å²) in [4.78, 5) is 66.3. The average Bonchev–Trinajstić information content (AvgIpc) is 3.28. The van der Waals surface area contributed by atoms with Crippen LogP contribution in [-0.4, -0.2) is 58.6 Å². The van der Waals surface area contributed by atoms with E-state index in [-0.39, 0.29) is 30.7 Å². The molecule has 35 heavy (non-hydrogen) atoms. The van der Waals surface area contributed by atoms with E-state index in [0.29, 0.717) is 11.1 Å². The van der Waals surface area contributed by atoms with Gasteiger partial charge < -0.3 is 4.74 Å². The van der Waals surface area contributed by atoms with Crippen LogP contribution in [-0.2, 0) is 16.0 Å². The average molecular weight is 468 g/mol. The molecule has 0 aliphatic carbocycles. The molecule has 8 heteroatoms. The molecule has 2 aliphatic rings. The molecule has 2 heterocycles. The molecule has 2 aliphatic heterocycles. The number of rotatable bonds is 7. The summed E-state index contributed by atoms with van der Waals surface area (Å²) in [5.41, 5.74) is 1.81. The molecule has 0 bridgehead atoms. The molecule has 8 nitrogen and oxygen atoms in total. The minimum absolute atomic E-state index is 0.0676. The Morgan fingerprint density at radius 3 is 1.63 bits per heavy atom. The maximum absolute atomic E-state index is 13.2. The number of nitrogens with zero attached hydrogens (tertiary/aromatic N) is 2. The minimum Gasteiger partial charge on any atom is -0.462 e. The van der Waals surface area contributed by atoms with Crippen molar-refractivity contribution in [3.63, 3.8) is 0 Å². The lowest BCUT2D eigenvalue weighted by atomic mass is 10.0. The van der Waals surface area contributed by atoms with E-state index in [2.05, 4.69) is 0 Å². The van der Waals surface area contributed by atoms with Crippen molar-refractivity contribution in [3.8, 4) is 0 Å². The zero-order valence-electron chi connectivity index (χ0n) is 18.5. The molecule has 1 atom stereocenters. The number of ether oxygens (including phenoxy) is 1. The van der Waals surface area contributed by atoms with Crippen LogP contribution in [0.15, 0.2) is 78.9 Å². The minimum atomic E-state index is -1.20. The number of benzene rings is 3. The monoisotopic (exact) mass is 468 g/mol. The van der Waals surface area contributed by atoms with Gasteiger partial charge in [0.15, 0.2) is 0 Å². The molecule has 5 rings (SSSR count). The molecule has 3 aromatic carbocycles. The molecule has 0 N–H and O–H groups in total. The summed E-state index contributed by atoms with van der Waals surface area (Å²) in [6, 6.07) is 20.7. The Hall–Kier alpha value is -4.59. The van der Waals surface area contributed by atoms with Crippen LogP contribution in [0.4, 0.5) is 0 Å². The third-order valence-electron chi connectivity index (χ3n) is 6.12.